The third kappa shape index (κ3) is 0.988. The molecule has 3 heteroatoms. The monoisotopic (exact) mass is 183 g/mol. The molecule has 0 unspecified atom stereocenters. The zero-order valence-electron chi connectivity index (χ0n) is 7.78. The summed E-state index contributed by atoms with van der Waals surface area (Å²) < 4.78 is 0. The second-order valence-corrected chi connectivity index (χ2v) is 3.49. The SMILES string of the molecule is Cc1ccc2nc3[nH]ncc3cc2c1. The molecule has 68 valence electrons. The first kappa shape index (κ1) is 7.50. The van der Waals surface area contributed by atoms with E-state index >= 15 is 0 Å². The van der Waals surface area contributed by atoms with Gasteiger partial charge in [0, 0.05) is 10.8 Å². The molecular formula is C11H9N3. The van der Waals surface area contributed by atoms with Crippen molar-refractivity contribution in [1.29, 1.82) is 0 Å². The third-order valence-electron chi connectivity index (χ3n) is 2.37. The number of pyridine rings is 1. The predicted molar refractivity (Wildman–Crippen MR) is 56.1 cm³/mol. The predicted octanol–water partition coefficient (Wildman–Crippen LogP) is 2.42. The summed E-state index contributed by atoms with van der Waals surface area (Å²) in [5.74, 6) is 0. The summed E-state index contributed by atoms with van der Waals surface area (Å²) in [6.45, 7) is 2.08. The fraction of sp³-hybridized carbons (Fsp3) is 0.0909. The molecule has 0 atom stereocenters. The van der Waals surface area contributed by atoms with Crippen LogP contribution < -0.4 is 0 Å². The lowest BCUT2D eigenvalue weighted by atomic mass is 10.1. The van der Waals surface area contributed by atoms with Crippen molar-refractivity contribution in [3.05, 3.63) is 36.0 Å². The zero-order chi connectivity index (χ0) is 9.54. The number of hydrogen-bond donors (Lipinski definition) is 1. The van der Waals surface area contributed by atoms with Gasteiger partial charge in [-0.3, -0.25) is 5.10 Å². The molecule has 3 aromatic rings. The Balaban J connectivity index is 2.50. The van der Waals surface area contributed by atoms with Crippen molar-refractivity contribution in [2.24, 2.45) is 0 Å². The van der Waals surface area contributed by atoms with E-state index in [1.807, 2.05) is 6.07 Å². The van der Waals surface area contributed by atoms with Crippen LogP contribution in [0.25, 0.3) is 21.9 Å². The summed E-state index contributed by atoms with van der Waals surface area (Å²) in [6.07, 6.45) is 1.80. The lowest BCUT2D eigenvalue weighted by Gasteiger charge is -1.98. The molecule has 2 heterocycles. The van der Waals surface area contributed by atoms with Gasteiger partial charge in [0.2, 0.25) is 0 Å². The molecule has 0 aliphatic heterocycles. The van der Waals surface area contributed by atoms with Gasteiger partial charge in [-0.2, -0.15) is 5.10 Å². The summed E-state index contributed by atoms with van der Waals surface area (Å²) in [6, 6.07) is 8.34. The molecule has 0 saturated carbocycles. The summed E-state index contributed by atoms with van der Waals surface area (Å²) >= 11 is 0. The van der Waals surface area contributed by atoms with Crippen molar-refractivity contribution in [2.45, 2.75) is 6.92 Å². The molecule has 1 aromatic carbocycles. The average molecular weight is 183 g/mol. The number of nitrogens with zero attached hydrogens (tertiary/aromatic N) is 2. The Hall–Kier alpha value is -1.90. The van der Waals surface area contributed by atoms with E-state index in [0.29, 0.717) is 0 Å². The molecule has 14 heavy (non-hydrogen) atoms. The zero-order valence-corrected chi connectivity index (χ0v) is 7.78. The minimum absolute atomic E-state index is 0.848. The van der Waals surface area contributed by atoms with E-state index in [4.69, 9.17) is 0 Å². The maximum Gasteiger partial charge on any atom is 0.155 e. The van der Waals surface area contributed by atoms with Crippen LogP contribution in [-0.2, 0) is 0 Å². The Kier molecular flexibility index (Phi) is 1.36. The second kappa shape index (κ2) is 2.54. The Bertz CT molecular complexity index is 610. The number of aromatic nitrogens is 3. The lowest BCUT2D eigenvalue weighted by molar-refractivity contribution is 1.10. The Morgan fingerprint density at radius 3 is 3.00 bits per heavy atom. The van der Waals surface area contributed by atoms with Crippen molar-refractivity contribution < 1.29 is 0 Å². The molecule has 3 rings (SSSR count). The summed E-state index contributed by atoms with van der Waals surface area (Å²) in [5, 5.41) is 9.05. The molecule has 0 fully saturated rings. The number of nitrogens with one attached hydrogen (secondary N) is 1. The van der Waals surface area contributed by atoms with Crippen molar-refractivity contribution >= 4 is 21.9 Å². The standard InChI is InChI=1S/C11H9N3/c1-7-2-3-10-8(4-7)5-9-6-12-14-11(9)13-10/h2-6H,1H3,(H,12,13,14). The highest BCUT2D eigenvalue weighted by molar-refractivity contribution is 5.90. The van der Waals surface area contributed by atoms with E-state index in [1.54, 1.807) is 6.20 Å². The minimum Gasteiger partial charge on any atom is -0.261 e. The highest BCUT2D eigenvalue weighted by atomic mass is 15.1. The molecule has 0 saturated heterocycles. The molecule has 2 aromatic heterocycles. The fourth-order valence-corrected chi connectivity index (χ4v) is 1.66. The molecule has 1 N–H and O–H groups in total. The van der Waals surface area contributed by atoms with Crippen molar-refractivity contribution in [3.8, 4) is 0 Å². The number of hydrogen-bond acceptors (Lipinski definition) is 2. The van der Waals surface area contributed by atoms with Crippen molar-refractivity contribution in [1.82, 2.24) is 15.2 Å². The molecule has 0 aliphatic carbocycles. The minimum atomic E-state index is 0.848. The maximum absolute atomic E-state index is 4.46. The number of fused-ring (bicyclic) bond motifs is 2. The van der Waals surface area contributed by atoms with Crippen LogP contribution in [0.15, 0.2) is 30.5 Å². The normalized spacial score (nSPS) is 11.2. The van der Waals surface area contributed by atoms with Crippen LogP contribution in [-0.4, -0.2) is 15.2 Å². The molecule has 0 amide bonds. The summed E-state index contributed by atoms with van der Waals surface area (Å²) in [4.78, 5) is 4.46. The molecule has 0 aliphatic rings. The summed E-state index contributed by atoms with van der Waals surface area (Å²) in [5.41, 5.74) is 3.11. The molecular weight excluding hydrogens is 174 g/mol. The van der Waals surface area contributed by atoms with Crippen LogP contribution in [0.4, 0.5) is 0 Å². The first-order chi connectivity index (χ1) is 6.83. The van der Waals surface area contributed by atoms with Crippen LogP contribution in [0.1, 0.15) is 5.56 Å². The van der Waals surface area contributed by atoms with Crippen molar-refractivity contribution in [3.63, 3.8) is 0 Å². The Labute approximate surface area is 80.8 Å². The average Bonchev–Trinajstić information content (AvgIpc) is 2.61. The molecule has 3 nitrogen and oxygen atoms in total. The number of aromatic amines is 1. The lowest BCUT2D eigenvalue weighted by Crippen LogP contribution is -1.81. The van der Waals surface area contributed by atoms with E-state index < -0.39 is 0 Å². The Morgan fingerprint density at radius 2 is 2.07 bits per heavy atom. The van der Waals surface area contributed by atoms with Gasteiger partial charge < -0.3 is 0 Å². The van der Waals surface area contributed by atoms with E-state index in [9.17, 15) is 0 Å². The topological polar surface area (TPSA) is 41.6 Å². The van der Waals surface area contributed by atoms with Gasteiger partial charge in [0.25, 0.3) is 0 Å². The number of rotatable bonds is 0. The molecule has 0 spiro atoms. The van der Waals surface area contributed by atoms with Gasteiger partial charge in [0.05, 0.1) is 11.7 Å². The van der Waals surface area contributed by atoms with Gasteiger partial charge in [-0.05, 0) is 25.1 Å². The van der Waals surface area contributed by atoms with Crippen LogP contribution in [0.3, 0.4) is 0 Å². The van der Waals surface area contributed by atoms with E-state index in [1.165, 1.54) is 10.9 Å². The van der Waals surface area contributed by atoms with Gasteiger partial charge in [-0.25, -0.2) is 4.98 Å². The highest BCUT2D eigenvalue weighted by Crippen LogP contribution is 2.18. The van der Waals surface area contributed by atoms with E-state index in [2.05, 4.69) is 40.3 Å². The quantitative estimate of drug-likeness (QED) is 0.581. The fourth-order valence-electron chi connectivity index (χ4n) is 1.66. The first-order valence-electron chi connectivity index (χ1n) is 4.53. The van der Waals surface area contributed by atoms with E-state index in [-0.39, 0.29) is 0 Å². The molecule has 0 radical (unpaired) electrons. The van der Waals surface area contributed by atoms with Crippen molar-refractivity contribution in [2.75, 3.05) is 0 Å². The summed E-state index contributed by atoms with van der Waals surface area (Å²) in [7, 11) is 0. The van der Waals surface area contributed by atoms with Gasteiger partial charge in [-0.1, -0.05) is 11.6 Å². The van der Waals surface area contributed by atoms with Crippen LogP contribution in [0, 0.1) is 6.92 Å². The van der Waals surface area contributed by atoms with E-state index in [0.717, 1.165) is 16.6 Å². The largest absolute Gasteiger partial charge is 0.261 e. The van der Waals surface area contributed by atoms with Gasteiger partial charge in [0.15, 0.2) is 5.65 Å². The first-order valence-corrected chi connectivity index (χ1v) is 4.53. The number of H-pyrrole nitrogens is 1. The second-order valence-electron chi connectivity index (χ2n) is 3.49. The van der Waals surface area contributed by atoms with Crippen LogP contribution in [0.2, 0.25) is 0 Å². The highest BCUT2D eigenvalue weighted by Gasteiger charge is 2.00. The molecule has 0 bridgehead atoms. The van der Waals surface area contributed by atoms with Crippen LogP contribution in [0.5, 0.6) is 0 Å². The number of aryl methyl sites for hydroxylation is 1. The van der Waals surface area contributed by atoms with Gasteiger partial charge in [0.1, 0.15) is 0 Å². The number of benzene rings is 1. The van der Waals surface area contributed by atoms with Gasteiger partial charge in [-0.15, -0.1) is 0 Å². The Morgan fingerprint density at radius 1 is 1.14 bits per heavy atom. The maximum atomic E-state index is 4.46. The van der Waals surface area contributed by atoms with Crippen LogP contribution >= 0.6 is 0 Å². The third-order valence-corrected chi connectivity index (χ3v) is 2.37. The smallest absolute Gasteiger partial charge is 0.155 e. The van der Waals surface area contributed by atoms with Gasteiger partial charge >= 0.3 is 0 Å².